The van der Waals surface area contributed by atoms with Crippen LogP contribution in [-0.2, 0) is 23.8 Å². The molecule has 3 N–H and O–H groups in total. The molecule has 174 valence electrons. The number of fused-ring (bicyclic) bond motifs is 1. The predicted molar refractivity (Wildman–Crippen MR) is 129 cm³/mol. The number of aliphatic imine (C=N–C) groups is 1. The summed E-state index contributed by atoms with van der Waals surface area (Å²) >= 11 is 0. The third kappa shape index (κ3) is 7.57. The molecule has 1 amide bonds. The van der Waals surface area contributed by atoms with E-state index in [0.717, 1.165) is 34.7 Å². The minimum Gasteiger partial charge on any atom is -0.492 e. The molecule has 6 nitrogen and oxygen atoms in total. The van der Waals surface area contributed by atoms with Gasteiger partial charge in [-0.25, -0.2) is 0 Å². The quantitative estimate of drug-likeness (QED) is 0.207. The van der Waals surface area contributed by atoms with E-state index in [-0.39, 0.29) is 29.9 Å². The van der Waals surface area contributed by atoms with Crippen LogP contribution in [0.1, 0.15) is 23.1 Å². The molecule has 0 radical (unpaired) electrons. The largest absolute Gasteiger partial charge is 0.492 e. The highest BCUT2D eigenvalue weighted by atomic mass is 127. The lowest BCUT2D eigenvalue weighted by Gasteiger charge is -2.18. The summed E-state index contributed by atoms with van der Waals surface area (Å²) in [6.07, 6.45) is -2.57. The summed E-state index contributed by atoms with van der Waals surface area (Å²) in [7, 11) is 1.64. The number of anilines is 1. The molecule has 0 atom stereocenters. The molecule has 1 heterocycles. The van der Waals surface area contributed by atoms with Crippen molar-refractivity contribution in [3.05, 3.63) is 59.2 Å². The fraction of sp³-hybridized carbons (Fsp3) is 0.364. The van der Waals surface area contributed by atoms with Crippen LogP contribution >= 0.6 is 24.0 Å². The van der Waals surface area contributed by atoms with Gasteiger partial charge in [0.1, 0.15) is 12.4 Å². The van der Waals surface area contributed by atoms with Crippen LogP contribution in [0.2, 0.25) is 0 Å². The number of aryl methyl sites for hydroxylation is 1. The van der Waals surface area contributed by atoms with Gasteiger partial charge in [0.15, 0.2) is 5.96 Å². The summed E-state index contributed by atoms with van der Waals surface area (Å²) in [5.41, 5.74) is 2.05. The molecule has 0 aliphatic carbocycles. The summed E-state index contributed by atoms with van der Waals surface area (Å²) in [5, 5.41) is 9.10. The number of ether oxygens (including phenoxy) is 1. The number of hydrogen-bond acceptors (Lipinski definition) is 3. The standard InChI is InChI=1S/C22H25F3N4O2.HI/c1-26-21(27-11-10-15-2-5-17(6-3-15)22(23,24)25)28-12-13-31-18-7-8-19-16(14-18)4-9-20(30)29-19;/h2-3,5-8,14H,4,9-13H2,1H3,(H,29,30)(H2,26,27,28);1H. The Labute approximate surface area is 202 Å². The van der Waals surface area contributed by atoms with Gasteiger partial charge in [0.05, 0.1) is 12.1 Å². The van der Waals surface area contributed by atoms with Gasteiger partial charge in [-0.05, 0) is 54.3 Å². The van der Waals surface area contributed by atoms with Gasteiger partial charge in [-0.1, -0.05) is 12.1 Å². The van der Waals surface area contributed by atoms with E-state index in [2.05, 4.69) is 20.9 Å². The van der Waals surface area contributed by atoms with Crippen LogP contribution in [0.15, 0.2) is 47.5 Å². The van der Waals surface area contributed by atoms with E-state index in [9.17, 15) is 18.0 Å². The van der Waals surface area contributed by atoms with Crippen LogP contribution < -0.4 is 20.7 Å². The number of nitrogens with zero attached hydrogens (tertiary/aromatic N) is 1. The number of alkyl halides is 3. The highest BCUT2D eigenvalue weighted by Crippen LogP contribution is 2.29. The van der Waals surface area contributed by atoms with Gasteiger partial charge >= 0.3 is 6.18 Å². The smallest absolute Gasteiger partial charge is 0.416 e. The van der Waals surface area contributed by atoms with E-state index in [1.54, 1.807) is 7.05 Å². The first-order valence-corrected chi connectivity index (χ1v) is 10.0. The Balaban J connectivity index is 0.00000363. The Hall–Kier alpha value is -2.50. The van der Waals surface area contributed by atoms with Crippen molar-refractivity contribution >= 4 is 41.5 Å². The van der Waals surface area contributed by atoms with Crippen LogP contribution in [0.3, 0.4) is 0 Å². The molecule has 0 aromatic heterocycles. The van der Waals surface area contributed by atoms with Gasteiger partial charge in [0.2, 0.25) is 5.91 Å². The lowest BCUT2D eigenvalue weighted by molar-refractivity contribution is -0.137. The maximum atomic E-state index is 12.6. The number of amides is 1. The van der Waals surface area contributed by atoms with E-state index in [4.69, 9.17) is 4.74 Å². The van der Waals surface area contributed by atoms with Crippen LogP contribution in [-0.4, -0.2) is 38.6 Å². The Bertz CT molecular complexity index is 934. The van der Waals surface area contributed by atoms with Crippen molar-refractivity contribution in [1.82, 2.24) is 10.6 Å². The van der Waals surface area contributed by atoms with Crippen molar-refractivity contribution in [1.29, 1.82) is 0 Å². The summed E-state index contributed by atoms with van der Waals surface area (Å²) < 4.78 is 43.6. The summed E-state index contributed by atoms with van der Waals surface area (Å²) in [4.78, 5) is 15.5. The Morgan fingerprint density at radius 1 is 1.09 bits per heavy atom. The van der Waals surface area contributed by atoms with Gasteiger partial charge in [0, 0.05) is 25.7 Å². The summed E-state index contributed by atoms with van der Waals surface area (Å²) in [6.45, 7) is 1.47. The van der Waals surface area contributed by atoms with E-state index in [1.807, 2.05) is 18.2 Å². The molecule has 2 aromatic rings. The van der Waals surface area contributed by atoms with E-state index >= 15 is 0 Å². The van der Waals surface area contributed by atoms with Crippen molar-refractivity contribution in [2.45, 2.75) is 25.4 Å². The molecule has 0 bridgehead atoms. The van der Waals surface area contributed by atoms with Crippen LogP contribution in [0.5, 0.6) is 5.75 Å². The number of nitrogens with one attached hydrogen (secondary N) is 3. The zero-order valence-corrected chi connectivity index (χ0v) is 19.9. The topological polar surface area (TPSA) is 74.8 Å². The number of halogens is 4. The summed E-state index contributed by atoms with van der Waals surface area (Å²) in [5.74, 6) is 1.35. The first kappa shape index (κ1) is 25.8. The molecule has 0 fully saturated rings. The minimum absolute atomic E-state index is 0. The van der Waals surface area contributed by atoms with Crippen molar-refractivity contribution in [3.63, 3.8) is 0 Å². The summed E-state index contributed by atoms with van der Waals surface area (Å²) in [6, 6.07) is 10.8. The highest BCUT2D eigenvalue weighted by molar-refractivity contribution is 14.0. The molecule has 32 heavy (non-hydrogen) atoms. The number of carbonyl (C=O) groups excluding carboxylic acids is 1. The second-order valence-electron chi connectivity index (χ2n) is 7.09. The van der Waals surface area contributed by atoms with Crippen LogP contribution in [0.4, 0.5) is 18.9 Å². The molecule has 10 heteroatoms. The lowest BCUT2D eigenvalue weighted by Crippen LogP contribution is -2.40. The first-order chi connectivity index (χ1) is 14.8. The van der Waals surface area contributed by atoms with E-state index < -0.39 is 11.7 Å². The van der Waals surface area contributed by atoms with Crippen molar-refractivity contribution in [2.75, 3.05) is 32.1 Å². The molecule has 0 saturated heterocycles. The lowest BCUT2D eigenvalue weighted by atomic mass is 10.0. The van der Waals surface area contributed by atoms with Crippen molar-refractivity contribution < 1.29 is 22.7 Å². The number of hydrogen-bond donors (Lipinski definition) is 3. The predicted octanol–water partition coefficient (Wildman–Crippen LogP) is 3.99. The SMILES string of the molecule is CN=C(NCCOc1ccc2c(c1)CCC(=O)N2)NCCc1ccc(C(F)(F)F)cc1.I. The van der Waals surface area contributed by atoms with Crippen LogP contribution in [0, 0.1) is 0 Å². The minimum atomic E-state index is -4.32. The maximum absolute atomic E-state index is 12.6. The third-order valence-corrected chi connectivity index (χ3v) is 4.85. The highest BCUT2D eigenvalue weighted by Gasteiger charge is 2.29. The molecule has 1 aliphatic rings. The van der Waals surface area contributed by atoms with Gasteiger partial charge in [-0.2, -0.15) is 13.2 Å². The molecule has 2 aromatic carbocycles. The molecular weight excluding hydrogens is 536 g/mol. The van der Waals surface area contributed by atoms with Gasteiger partial charge in [-0.15, -0.1) is 24.0 Å². The number of carbonyl (C=O) groups is 1. The maximum Gasteiger partial charge on any atom is 0.416 e. The fourth-order valence-electron chi connectivity index (χ4n) is 3.19. The second kappa shape index (κ2) is 11.9. The average molecular weight is 562 g/mol. The molecule has 0 unspecified atom stereocenters. The number of guanidine groups is 1. The first-order valence-electron chi connectivity index (χ1n) is 10.0. The van der Waals surface area contributed by atoms with Gasteiger partial charge in [0.25, 0.3) is 0 Å². The normalized spacial score (nSPS) is 13.5. The second-order valence-corrected chi connectivity index (χ2v) is 7.09. The number of benzene rings is 2. The van der Waals surface area contributed by atoms with Gasteiger partial charge < -0.3 is 20.7 Å². The van der Waals surface area contributed by atoms with Gasteiger partial charge in [-0.3, -0.25) is 9.79 Å². The zero-order chi connectivity index (χ0) is 22.3. The molecule has 3 rings (SSSR count). The van der Waals surface area contributed by atoms with E-state index in [0.29, 0.717) is 44.9 Å². The van der Waals surface area contributed by atoms with Crippen molar-refractivity contribution in [3.8, 4) is 5.75 Å². The average Bonchev–Trinajstić information content (AvgIpc) is 2.75. The molecular formula is C22H26F3IN4O2. The Kier molecular flexibility index (Phi) is 9.60. The third-order valence-electron chi connectivity index (χ3n) is 4.85. The molecule has 0 spiro atoms. The van der Waals surface area contributed by atoms with Crippen LogP contribution in [0.25, 0.3) is 0 Å². The molecule has 1 aliphatic heterocycles. The Morgan fingerprint density at radius 2 is 1.81 bits per heavy atom. The fourth-order valence-corrected chi connectivity index (χ4v) is 3.19. The van der Waals surface area contributed by atoms with E-state index in [1.165, 1.54) is 12.1 Å². The zero-order valence-electron chi connectivity index (χ0n) is 17.6. The molecule has 0 saturated carbocycles. The van der Waals surface area contributed by atoms with Crippen molar-refractivity contribution in [2.24, 2.45) is 4.99 Å². The Morgan fingerprint density at radius 3 is 2.50 bits per heavy atom. The number of rotatable bonds is 7. The monoisotopic (exact) mass is 562 g/mol.